The number of ether oxygens (including phenoxy) is 1. The number of hydrogen-bond donors (Lipinski definition) is 1. The summed E-state index contributed by atoms with van der Waals surface area (Å²) in [5.41, 5.74) is 5.17. The van der Waals surface area contributed by atoms with Gasteiger partial charge < -0.3 is 19.9 Å². The van der Waals surface area contributed by atoms with Gasteiger partial charge in [0.05, 0.1) is 12.7 Å². The summed E-state index contributed by atoms with van der Waals surface area (Å²) in [6, 6.07) is 18.6. The van der Waals surface area contributed by atoms with E-state index in [1.807, 2.05) is 61.2 Å². The molecule has 3 aromatic rings. The molecule has 1 fully saturated rings. The molecule has 1 heterocycles. The molecule has 2 amide bonds. The van der Waals surface area contributed by atoms with E-state index in [0.29, 0.717) is 48.1 Å². The molecule has 1 aliphatic heterocycles. The lowest BCUT2D eigenvalue weighted by Crippen LogP contribution is -2.48. The zero-order chi connectivity index (χ0) is 24.2. The molecule has 0 aromatic heterocycles. The highest BCUT2D eigenvalue weighted by Crippen LogP contribution is 2.26. The van der Waals surface area contributed by atoms with Gasteiger partial charge in [-0.3, -0.25) is 9.59 Å². The summed E-state index contributed by atoms with van der Waals surface area (Å²) < 4.78 is 5.33. The summed E-state index contributed by atoms with van der Waals surface area (Å²) in [5.74, 6) is 0.318. The Kier molecular flexibility index (Phi) is 7.08. The third kappa shape index (κ3) is 5.18. The van der Waals surface area contributed by atoms with Gasteiger partial charge in [-0.05, 0) is 79.6 Å². The van der Waals surface area contributed by atoms with Crippen LogP contribution in [0.15, 0.2) is 60.7 Å². The second kappa shape index (κ2) is 10.2. The lowest BCUT2D eigenvalue weighted by molar-refractivity contribution is 0.0743. The van der Waals surface area contributed by atoms with Crippen LogP contribution in [0.3, 0.4) is 0 Å². The Morgan fingerprint density at radius 2 is 1.59 bits per heavy atom. The molecule has 0 unspecified atom stereocenters. The average Bonchev–Trinajstić information content (AvgIpc) is 2.85. The van der Waals surface area contributed by atoms with E-state index < -0.39 is 0 Å². The first-order valence-electron chi connectivity index (χ1n) is 11.2. The highest BCUT2D eigenvalue weighted by atomic mass is 35.5. The number of methoxy groups -OCH3 is 1. The molecule has 3 aromatic carbocycles. The Morgan fingerprint density at radius 3 is 2.24 bits per heavy atom. The van der Waals surface area contributed by atoms with Crippen LogP contribution in [0.2, 0.25) is 5.02 Å². The van der Waals surface area contributed by atoms with Crippen LogP contribution in [-0.2, 0) is 0 Å². The first-order valence-corrected chi connectivity index (χ1v) is 11.6. The topological polar surface area (TPSA) is 61.9 Å². The zero-order valence-electron chi connectivity index (χ0n) is 19.6. The number of amides is 2. The van der Waals surface area contributed by atoms with Crippen molar-refractivity contribution < 1.29 is 14.3 Å². The van der Waals surface area contributed by atoms with E-state index in [1.54, 1.807) is 25.3 Å². The van der Waals surface area contributed by atoms with Crippen molar-refractivity contribution in [3.05, 3.63) is 87.9 Å². The van der Waals surface area contributed by atoms with Crippen LogP contribution in [0, 0.1) is 13.8 Å². The predicted molar refractivity (Wildman–Crippen MR) is 136 cm³/mol. The van der Waals surface area contributed by atoms with Crippen LogP contribution in [0.5, 0.6) is 5.75 Å². The van der Waals surface area contributed by atoms with E-state index in [2.05, 4.69) is 10.2 Å². The number of carbonyl (C=O) groups is 2. The molecule has 0 aliphatic carbocycles. The molecule has 1 N–H and O–H groups in total. The van der Waals surface area contributed by atoms with E-state index in [9.17, 15) is 9.59 Å². The highest BCUT2D eigenvalue weighted by Gasteiger charge is 2.24. The van der Waals surface area contributed by atoms with Crippen molar-refractivity contribution in [1.82, 2.24) is 4.90 Å². The van der Waals surface area contributed by atoms with Crippen molar-refractivity contribution in [3.8, 4) is 5.75 Å². The fourth-order valence-corrected chi connectivity index (χ4v) is 4.20. The lowest BCUT2D eigenvalue weighted by atomic mass is 10.1. The van der Waals surface area contributed by atoms with Crippen molar-refractivity contribution in [3.63, 3.8) is 0 Å². The van der Waals surface area contributed by atoms with E-state index >= 15 is 0 Å². The molecule has 0 spiro atoms. The third-order valence-corrected chi connectivity index (χ3v) is 6.45. The van der Waals surface area contributed by atoms with E-state index in [4.69, 9.17) is 16.3 Å². The maximum atomic E-state index is 13.0. The number of nitrogens with one attached hydrogen (secondary N) is 1. The number of hydrogen-bond acceptors (Lipinski definition) is 4. The van der Waals surface area contributed by atoms with Crippen LogP contribution in [0.1, 0.15) is 31.8 Å². The molecule has 0 atom stereocenters. The highest BCUT2D eigenvalue weighted by molar-refractivity contribution is 6.31. The normalized spacial score (nSPS) is 13.5. The number of piperazine rings is 1. The molecule has 0 bridgehead atoms. The fourth-order valence-electron chi connectivity index (χ4n) is 4.03. The Balaban J connectivity index is 1.36. The second-order valence-electron chi connectivity index (χ2n) is 8.42. The van der Waals surface area contributed by atoms with Crippen LogP contribution in [0.25, 0.3) is 0 Å². The van der Waals surface area contributed by atoms with Crippen molar-refractivity contribution in [2.45, 2.75) is 13.8 Å². The minimum Gasteiger partial charge on any atom is -0.496 e. The number of carbonyl (C=O) groups excluding carboxylic acids is 2. The Bertz CT molecular complexity index is 1200. The number of rotatable bonds is 5. The molecular formula is C27H28ClN3O3. The van der Waals surface area contributed by atoms with Gasteiger partial charge in [0.25, 0.3) is 11.8 Å². The van der Waals surface area contributed by atoms with Crippen molar-refractivity contribution >= 4 is 34.8 Å². The van der Waals surface area contributed by atoms with Gasteiger partial charge in [0.15, 0.2) is 0 Å². The summed E-state index contributed by atoms with van der Waals surface area (Å²) in [6.45, 7) is 6.64. The molecule has 1 saturated heterocycles. The molecule has 176 valence electrons. The monoisotopic (exact) mass is 477 g/mol. The summed E-state index contributed by atoms with van der Waals surface area (Å²) in [5, 5.41) is 3.46. The van der Waals surface area contributed by atoms with Gasteiger partial charge in [-0.15, -0.1) is 0 Å². The smallest absolute Gasteiger partial charge is 0.257 e. The SMILES string of the molecule is COc1ccc(Cl)cc1C(=O)N1CCN(c2ccc(NC(=O)c3ccc(C)c(C)c3)cc2)CC1. The first kappa shape index (κ1) is 23.6. The largest absolute Gasteiger partial charge is 0.496 e. The summed E-state index contributed by atoms with van der Waals surface area (Å²) >= 11 is 6.09. The maximum Gasteiger partial charge on any atom is 0.257 e. The summed E-state index contributed by atoms with van der Waals surface area (Å²) in [4.78, 5) is 29.6. The van der Waals surface area contributed by atoms with Crippen molar-refractivity contribution in [2.24, 2.45) is 0 Å². The first-order chi connectivity index (χ1) is 16.4. The number of anilines is 2. The maximum absolute atomic E-state index is 13.0. The predicted octanol–water partition coefficient (Wildman–Crippen LogP) is 5.18. The molecule has 34 heavy (non-hydrogen) atoms. The van der Waals surface area contributed by atoms with Gasteiger partial charge in [0.1, 0.15) is 5.75 Å². The zero-order valence-corrected chi connectivity index (χ0v) is 20.4. The minimum atomic E-state index is -0.126. The Hall–Kier alpha value is -3.51. The fraction of sp³-hybridized carbons (Fsp3) is 0.259. The Labute approximate surface area is 205 Å². The number of aryl methyl sites for hydroxylation is 2. The summed E-state index contributed by atoms with van der Waals surface area (Å²) in [7, 11) is 1.55. The quantitative estimate of drug-likeness (QED) is 0.550. The molecule has 0 saturated carbocycles. The summed E-state index contributed by atoms with van der Waals surface area (Å²) in [6.07, 6.45) is 0. The van der Waals surface area contributed by atoms with Crippen LogP contribution >= 0.6 is 11.6 Å². The van der Waals surface area contributed by atoms with Gasteiger partial charge in [-0.2, -0.15) is 0 Å². The number of benzene rings is 3. The molecule has 7 heteroatoms. The third-order valence-electron chi connectivity index (χ3n) is 6.22. The minimum absolute atomic E-state index is 0.0802. The Morgan fingerprint density at radius 1 is 0.882 bits per heavy atom. The van der Waals surface area contributed by atoms with E-state index in [0.717, 1.165) is 22.5 Å². The molecule has 0 radical (unpaired) electrons. The molecule has 4 rings (SSSR count). The van der Waals surface area contributed by atoms with Gasteiger partial charge in [-0.1, -0.05) is 17.7 Å². The molecular weight excluding hydrogens is 450 g/mol. The average molecular weight is 478 g/mol. The number of nitrogens with zero attached hydrogens (tertiary/aromatic N) is 2. The van der Waals surface area contributed by atoms with Gasteiger partial charge in [0, 0.05) is 48.1 Å². The van der Waals surface area contributed by atoms with Crippen LogP contribution in [0.4, 0.5) is 11.4 Å². The van der Waals surface area contributed by atoms with E-state index in [-0.39, 0.29) is 11.8 Å². The van der Waals surface area contributed by atoms with Crippen LogP contribution in [-0.4, -0.2) is 50.0 Å². The van der Waals surface area contributed by atoms with Crippen LogP contribution < -0.4 is 15.0 Å². The number of halogens is 1. The van der Waals surface area contributed by atoms with Gasteiger partial charge in [-0.25, -0.2) is 0 Å². The molecule has 1 aliphatic rings. The second-order valence-corrected chi connectivity index (χ2v) is 8.86. The van der Waals surface area contributed by atoms with Gasteiger partial charge in [0.2, 0.25) is 0 Å². The molecule has 6 nitrogen and oxygen atoms in total. The lowest BCUT2D eigenvalue weighted by Gasteiger charge is -2.36. The van der Waals surface area contributed by atoms with Gasteiger partial charge >= 0.3 is 0 Å². The standard InChI is InChI=1S/C27H28ClN3O3/c1-18-4-5-20(16-19(18)2)26(32)29-22-7-9-23(10-8-22)30-12-14-31(15-13-30)27(33)24-17-21(28)6-11-25(24)34-3/h4-11,16-17H,12-15H2,1-3H3,(H,29,32). The van der Waals surface area contributed by atoms with E-state index in [1.165, 1.54) is 0 Å². The van der Waals surface area contributed by atoms with Crippen molar-refractivity contribution in [2.75, 3.05) is 43.5 Å². The van der Waals surface area contributed by atoms with Crippen molar-refractivity contribution in [1.29, 1.82) is 0 Å².